The number of carbonyl (C=O) groups is 2. The van der Waals surface area contributed by atoms with Gasteiger partial charge in [-0.3, -0.25) is 9.59 Å². The molecule has 2 rings (SSSR count). The third kappa shape index (κ3) is 8.20. The van der Waals surface area contributed by atoms with Gasteiger partial charge in [-0.05, 0) is 32.6 Å². The van der Waals surface area contributed by atoms with Crippen molar-refractivity contribution in [2.24, 2.45) is 10.9 Å². The van der Waals surface area contributed by atoms with Gasteiger partial charge in [-0.15, -0.1) is 0 Å². The summed E-state index contributed by atoms with van der Waals surface area (Å²) < 4.78 is 5.37. The maximum absolute atomic E-state index is 12.8. The minimum Gasteiger partial charge on any atom is -0.382 e. The van der Waals surface area contributed by atoms with Crippen molar-refractivity contribution in [1.82, 2.24) is 20.4 Å². The summed E-state index contributed by atoms with van der Waals surface area (Å²) in [6.45, 7) is 5.71. The van der Waals surface area contributed by atoms with Crippen molar-refractivity contribution >= 4 is 17.8 Å². The van der Waals surface area contributed by atoms with Gasteiger partial charge >= 0.3 is 0 Å². The van der Waals surface area contributed by atoms with Gasteiger partial charge in [0, 0.05) is 58.9 Å². The number of carbonyl (C=O) groups excluding carboxylic acids is 2. The summed E-state index contributed by atoms with van der Waals surface area (Å²) in [5, 5.41) is 6.71. The molecular formula is C21H39N5O3. The minimum atomic E-state index is -0.0408. The highest BCUT2D eigenvalue weighted by Crippen LogP contribution is 2.26. The summed E-state index contributed by atoms with van der Waals surface area (Å²) >= 11 is 0. The fraction of sp³-hybridized carbons (Fsp3) is 0.857. The number of rotatable bonds is 9. The zero-order chi connectivity index (χ0) is 21.1. The Kier molecular flexibility index (Phi) is 10.2. The lowest BCUT2D eigenvalue weighted by atomic mass is 9.88. The average Bonchev–Trinajstić information content (AvgIpc) is 3.19. The third-order valence-electron chi connectivity index (χ3n) is 5.63. The second kappa shape index (κ2) is 12.7. The number of nitrogens with one attached hydrogen (secondary N) is 2. The van der Waals surface area contributed by atoms with Crippen molar-refractivity contribution in [2.45, 2.75) is 57.9 Å². The van der Waals surface area contributed by atoms with E-state index in [2.05, 4.69) is 15.6 Å². The first kappa shape index (κ1) is 23.4. The van der Waals surface area contributed by atoms with Crippen molar-refractivity contribution < 1.29 is 14.3 Å². The van der Waals surface area contributed by atoms with Crippen molar-refractivity contribution in [2.75, 3.05) is 53.5 Å². The molecule has 1 saturated heterocycles. The molecule has 8 heteroatoms. The summed E-state index contributed by atoms with van der Waals surface area (Å²) in [4.78, 5) is 32.7. The Bertz CT molecular complexity index is 546. The molecule has 2 aliphatic rings. The Hall–Kier alpha value is -1.83. The van der Waals surface area contributed by atoms with E-state index in [1.54, 1.807) is 14.1 Å². The molecule has 0 radical (unpaired) electrons. The molecule has 0 aromatic heterocycles. The number of hydrogen-bond donors (Lipinski definition) is 2. The number of ether oxygens (including phenoxy) is 1. The molecule has 0 bridgehead atoms. The van der Waals surface area contributed by atoms with E-state index in [1.165, 1.54) is 24.2 Å². The molecule has 2 N–H and O–H groups in total. The molecule has 1 saturated carbocycles. The van der Waals surface area contributed by atoms with Crippen molar-refractivity contribution in [3.8, 4) is 0 Å². The van der Waals surface area contributed by atoms with Crippen LogP contribution in [0.2, 0.25) is 0 Å². The molecule has 29 heavy (non-hydrogen) atoms. The molecule has 1 atom stereocenters. The second-order valence-electron chi connectivity index (χ2n) is 8.18. The second-order valence-corrected chi connectivity index (χ2v) is 8.18. The quantitative estimate of drug-likeness (QED) is 0.340. The Balaban J connectivity index is 1.85. The van der Waals surface area contributed by atoms with Gasteiger partial charge in [-0.25, -0.2) is 4.99 Å². The standard InChI is InChI=1S/C21H39N5O3/c1-4-29-14-8-12-22-21(23-15-19(27)25(2)3)24-18-11-13-26(16-18)20(28)17-9-6-5-7-10-17/h17-18H,4-16H2,1-3H3,(H2,22,23,24). The molecule has 0 aromatic carbocycles. The SMILES string of the molecule is CCOCCCNC(=NCC(=O)N(C)C)NC1CCN(C(=O)C2CCCCC2)C1. The first-order chi connectivity index (χ1) is 14.0. The van der Waals surface area contributed by atoms with Gasteiger partial charge in [0.15, 0.2) is 5.96 Å². The minimum absolute atomic E-state index is 0.0408. The van der Waals surface area contributed by atoms with Crippen LogP contribution in [0.1, 0.15) is 51.9 Å². The predicted molar refractivity (Wildman–Crippen MR) is 115 cm³/mol. The summed E-state index contributed by atoms with van der Waals surface area (Å²) in [7, 11) is 3.46. The van der Waals surface area contributed by atoms with Gasteiger partial charge in [0.25, 0.3) is 0 Å². The summed E-state index contributed by atoms with van der Waals surface area (Å²) in [5.74, 6) is 1.12. The molecule has 0 aromatic rings. The summed E-state index contributed by atoms with van der Waals surface area (Å²) in [6, 6.07) is 0.162. The number of guanidine groups is 1. The van der Waals surface area contributed by atoms with Crippen LogP contribution in [-0.2, 0) is 14.3 Å². The van der Waals surface area contributed by atoms with E-state index in [4.69, 9.17) is 4.74 Å². The summed E-state index contributed by atoms with van der Waals surface area (Å²) in [6.07, 6.45) is 7.45. The lowest BCUT2D eigenvalue weighted by Crippen LogP contribution is -2.46. The maximum atomic E-state index is 12.8. The highest BCUT2D eigenvalue weighted by Gasteiger charge is 2.31. The fourth-order valence-electron chi connectivity index (χ4n) is 3.85. The van der Waals surface area contributed by atoms with E-state index >= 15 is 0 Å². The monoisotopic (exact) mass is 409 g/mol. The smallest absolute Gasteiger partial charge is 0.243 e. The van der Waals surface area contributed by atoms with Crippen molar-refractivity contribution in [3.63, 3.8) is 0 Å². The highest BCUT2D eigenvalue weighted by atomic mass is 16.5. The molecular weight excluding hydrogens is 370 g/mol. The summed E-state index contributed by atoms with van der Waals surface area (Å²) in [5.41, 5.74) is 0. The third-order valence-corrected chi connectivity index (χ3v) is 5.63. The van der Waals surface area contributed by atoms with E-state index in [-0.39, 0.29) is 24.4 Å². The zero-order valence-electron chi connectivity index (χ0n) is 18.4. The van der Waals surface area contributed by atoms with Crippen molar-refractivity contribution in [3.05, 3.63) is 0 Å². The lowest BCUT2D eigenvalue weighted by molar-refractivity contribution is -0.135. The van der Waals surface area contributed by atoms with Crippen LogP contribution in [-0.4, -0.2) is 87.1 Å². The molecule has 0 spiro atoms. The number of aliphatic imine (C=N–C) groups is 1. The first-order valence-electron chi connectivity index (χ1n) is 11.1. The fourth-order valence-corrected chi connectivity index (χ4v) is 3.85. The number of likely N-dealkylation sites (tertiary alicyclic amines) is 1. The van der Waals surface area contributed by atoms with E-state index in [1.807, 2.05) is 11.8 Å². The van der Waals surface area contributed by atoms with Crippen LogP contribution >= 0.6 is 0 Å². The van der Waals surface area contributed by atoms with Crippen LogP contribution in [0.5, 0.6) is 0 Å². The van der Waals surface area contributed by atoms with Crippen molar-refractivity contribution in [1.29, 1.82) is 0 Å². The van der Waals surface area contributed by atoms with Gasteiger partial charge in [-0.1, -0.05) is 19.3 Å². The highest BCUT2D eigenvalue weighted by molar-refractivity contribution is 5.85. The van der Waals surface area contributed by atoms with Gasteiger partial charge in [0.2, 0.25) is 11.8 Å². The van der Waals surface area contributed by atoms with E-state index < -0.39 is 0 Å². The predicted octanol–water partition coefficient (Wildman–Crippen LogP) is 1.22. The Morgan fingerprint density at radius 2 is 1.93 bits per heavy atom. The number of hydrogen-bond acceptors (Lipinski definition) is 4. The molecule has 2 amide bonds. The van der Waals surface area contributed by atoms with E-state index in [0.29, 0.717) is 31.6 Å². The molecule has 2 fully saturated rings. The van der Waals surface area contributed by atoms with Gasteiger partial charge < -0.3 is 25.2 Å². The Morgan fingerprint density at radius 3 is 2.62 bits per heavy atom. The number of amides is 2. The van der Waals surface area contributed by atoms with E-state index in [9.17, 15) is 9.59 Å². The van der Waals surface area contributed by atoms with Crippen LogP contribution in [0.4, 0.5) is 0 Å². The molecule has 1 heterocycles. The van der Waals surface area contributed by atoms with Gasteiger partial charge in [0.05, 0.1) is 0 Å². The average molecular weight is 410 g/mol. The Morgan fingerprint density at radius 1 is 1.17 bits per heavy atom. The van der Waals surface area contributed by atoms with Gasteiger partial charge in [0.1, 0.15) is 6.54 Å². The topological polar surface area (TPSA) is 86.3 Å². The lowest BCUT2D eigenvalue weighted by Gasteiger charge is -2.26. The van der Waals surface area contributed by atoms with E-state index in [0.717, 1.165) is 38.8 Å². The largest absolute Gasteiger partial charge is 0.382 e. The molecule has 1 aliphatic carbocycles. The van der Waals surface area contributed by atoms with Crippen LogP contribution in [0.25, 0.3) is 0 Å². The first-order valence-corrected chi connectivity index (χ1v) is 11.1. The molecule has 8 nitrogen and oxygen atoms in total. The Labute approximate surface area is 175 Å². The number of nitrogens with zero attached hydrogens (tertiary/aromatic N) is 3. The van der Waals surface area contributed by atoms with Crippen LogP contribution < -0.4 is 10.6 Å². The van der Waals surface area contributed by atoms with Crippen LogP contribution in [0.3, 0.4) is 0 Å². The normalized spacial score (nSPS) is 20.6. The molecule has 1 unspecified atom stereocenters. The maximum Gasteiger partial charge on any atom is 0.243 e. The number of likely N-dealkylation sites (N-methyl/N-ethyl adjacent to an activating group) is 1. The van der Waals surface area contributed by atoms with Gasteiger partial charge in [-0.2, -0.15) is 0 Å². The van der Waals surface area contributed by atoms with Crippen LogP contribution in [0.15, 0.2) is 4.99 Å². The van der Waals surface area contributed by atoms with Crippen LogP contribution in [0, 0.1) is 5.92 Å². The molecule has 166 valence electrons. The zero-order valence-corrected chi connectivity index (χ0v) is 18.4. The molecule has 1 aliphatic heterocycles.